The Morgan fingerprint density at radius 1 is 1.32 bits per heavy atom. The number of benzene rings is 1. The molecule has 28 heavy (non-hydrogen) atoms. The van der Waals surface area contributed by atoms with E-state index in [1.54, 1.807) is 4.57 Å². The number of aromatic nitrogens is 3. The van der Waals surface area contributed by atoms with E-state index >= 15 is 0 Å². The summed E-state index contributed by atoms with van der Waals surface area (Å²) in [6.45, 7) is 2.29. The fourth-order valence-electron chi connectivity index (χ4n) is 3.58. The molecule has 152 valence electrons. The van der Waals surface area contributed by atoms with E-state index in [0.29, 0.717) is 30.0 Å². The Kier molecular flexibility index (Phi) is 6.22. The lowest BCUT2D eigenvalue weighted by Gasteiger charge is -2.31. The Balaban J connectivity index is 1.60. The van der Waals surface area contributed by atoms with Crippen LogP contribution in [0.1, 0.15) is 37.7 Å². The van der Waals surface area contributed by atoms with Crippen LogP contribution in [0.2, 0.25) is 0 Å². The number of carbonyl (C=O) groups is 1. The first-order chi connectivity index (χ1) is 13.2. The average Bonchev–Trinajstić information content (AvgIpc) is 3.01. The van der Waals surface area contributed by atoms with Crippen molar-refractivity contribution in [3.8, 4) is 11.4 Å². The summed E-state index contributed by atoms with van der Waals surface area (Å²) in [6.07, 6.45) is -2.93. The SMILES string of the molecule is Cc1ccc(-c2n[nH]c(=S)n2CCC(=O)N[C@H]2CCC[C@@H](C(F)(F)F)C2)cc1. The normalized spacial score (nSPS) is 20.1. The molecule has 1 amide bonds. The van der Waals surface area contributed by atoms with E-state index < -0.39 is 18.1 Å². The second-order valence-electron chi connectivity index (χ2n) is 7.29. The molecule has 2 N–H and O–H groups in total. The summed E-state index contributed by atoms with van der Waals surface area (Å²) in [6, 6.07) is 7.35. The summed E-state index contributed by atoms with van der Waals surface area (Å²) in [7, 11) is 0. The van der Waals surface area contributed by atoms with Gasteiger partial charge in [-0.2, -0.15) is 18.3 Å². The van der Waals surface area contributed by atoms with E-state index in [1.807, 2.05) is 31.2 Å². The van der Waals surface area contributed by atoms with Crippen molar-refractivity contribution in [2.75, 3.05) is 0 Å². The molecule has 1 fully saturated rings. The third-order valence-electron chi connectivity index (χ3n) is 5.13. The molecule has 0 aliphatic heterocycles. The molecule has 9 heteroatoms. The highest BCUT2D eigenvalue weighted by molar-refractivity contribution is 7.71. The van der Waals surface area contributed by atoms with Crippen molar-refractivity contribution in [3.63, 3.8) is 0 Å². The lowest BCUT2D eigenvalue weighted by molar-refractivity contribution is -0.184. The van der Waals surface area contributed by atoms with Crippen LogP contribution in [0, 0.1) is 17.6 Å². The molecule has 1 aliphatic rings. The number of nitrogens with zero attached hydrogens (tertiary/aromatic N) is 2. The maximum atomic E-state index is 12.9. The van der Waals surface area contributed by atoms with Gasteiger partial charge in [0.25, 0.3) is 0 Å². The highest BCUT2D eigenvalue weighted by Crippen LogP contribution is 2.37. The number of H-pyrrole nitrogens is 1. The van der Waals surface area contributed by atoms with Gasteiger partial charge in [0.05, 0.1) is 5.92 Å². The molecule has 5 nitrogen and oxygen atoms in total. The van der Waals surface area contributed by atoms with Gasteiger partial charge in [0.2, 0.25) is 5.91 Å². The zero-order valence-corrected chi connectivity index (χ0v) is 16.4. The largest absolute Gasteiger partial charge is 0.391 e. The standard InChI is InChI=1S/C19H23F3N4OS/c1-12-5-7-13(8-6-12)17-24-25-18(28)26(17)10-9-16(27)23-15-4-2-3-14(11-15)19(20,21)22/h5-8,14-15H,2-4,9-11H2,1H3,(H,23,27)(H,25,28)/t14-,15+/m1/s1. The van der Waals surface area contributed by atoms with Crippen molar-refractivity contribution in [2.45, 2.75) is 57.8 Å². The van der Waals surface area contributed by atoms with Gasteiger partial charge >= 0.3 is 6.18 Å². The van der Waals surface area contributed by atoms with Gasteiger partial charge in [-0.25, -0.2) is 0 Å². The lowest BCUT2D eigenvalue weighted by Crippen LogP contribution is -2.41. The fourth-order valence-corrected chi connectivity index (χ4v) is 3.80. The molecule has 3 rings (SSSR count). The second kappa shape index (κ2) is 8.46. The van der Waals surface area contributed by atoms with E-state index in [-0.39, 0.29) is 25.2 Å². The van der Waals surface area contributed by atoms with E-state index in [1.165, 1.54) is 0 Å². The van der Waals surface area contributed by atoms with Gasteiger partial charge in [0.1, 0.15) is 0 Å². The molecule has 0 radical (unpaired) electrons. The number of nitrogens with one attached hydrogen (secondary N) is 2. The lowest BCUT2D eigenvalue weighted by atomic mass is 9.85. The molecule has 0 bridgehead atoms. The average molecular weight is 412 g/mol. The minimum atomic E-state index is -4.20. The van der Waals surface area contributed by atoms with Crippen molar-refractivity contribution >= 4 is 18.1 Å². The second-order valence-corrected chi connectivity index (χ2v) is 7.68. The molecule has 1 aromatic carbocycles. The number of hydrogen-bond donors (Lipinski definition) is 2. The van der Waals surface area contributed by atoms with Crippen molar-refractivity contribution < 1.29 is 18.0 Å². The third-order valence-corrected chi connectivity index (χ3v) is 5.44. The van der Waals surface area contributed by atoms with E-state index in [9.17, 15) is 18.0 Å². The van der Waals surface area contributed by atoms with Crippen LogP contribution in [0.25, 0.3) is 11.4 Å². The monoisotopic (exact) mass is 412 g/mol. The van der Waals surface area contributed by atoms with Crippen LogP contribution in [0.15, 0.2) is 24.3 Å². The number of hydrogen-bond acceptors (Lipinski definition) is 3. The van der Waals surface area contributed by atoms with Gasteiger partial charge in [-0.05, 0) is 38.4 Å². The molecule has 0 unspecified atom stereocenters. The van der Waals surface area contributed by atoms with E-state index in [4.69, 9.17) is 12.2 Å². The molecule has 2 atom stereocenters. The van der Waals surface area contributed by atoms with Gasteiger partial charge in [0.15, 0.2) is 10.6 Å². The molecular weight excluding hydrogens is 389 g/mol. The molecule has 1 heterocycles. The number of rotatable bonds is 5. The Labute approximate surface area is 166 Å². The zero-order valence-electron chi connectivity index (χ0n) is 15.6. The first kappa shape index (κ1) is 20.6. The predicted molar refractivity (Wildman–Crippen MR) is 102 cm³/mol. The van der Waals surface area contributed by atoms with Crippen LogP contribution < -0.4 is 5.32 Å². The molecule has 2 aromatic rings. The van der Waals surface area contributed by atoms with Crippen molar-refractivity contribution in [1.82, 2.24) is 20.1 Å². The van der Waals surface area contributed by atoms with Crippen molar-refractivity contribution in [3.05, 3.63) is 34.6 Å². The fraction of sp³-hybridized carbons (Fsp3) is 0.526. The van der Waals surface area contributed by atoms with Gasteiger partial charge in [0, 0.05) is 24.6 Å². The zero-order chi connectivity index (χ0) is 20.3. The molecule has 1 aliphatic carbocycles. The van der Waals surface area contributed by atoms with Crippen LogP contribution in [0.4, 0.5) is 13.2 Å². The number of amides is 1. The molecule has 0 saturated heterocycles. The first-order valence-electron chi connectivity index (χ1n) is 9.32. The van der Waals surface area contributed by atoms with Gasteiger partial charge in [-0.1, -0.05) is 36.2 Å². The minimum absolute atomic E-state index is 0.0466. The van der Waals surface area contributed by atoms with Crippen LogP contribution >= 0.6 is 12.2 Å². The molecule has 1 saturated carbocycles. The van der Waals surface area contributed by atoms with Gasteiger partial charge in [-0.3, -0.25) is 14.5 Å². The summed E-state index contributed by atoms with van der Waals surface area (Å²) < 4.78 is 40.9. The summed E-state index contributed by atoms with van der Waals surface area (Å²) in [5.41, 5.74) is 1.99. The van der Waals surface area contributed by atoms with Gasteiger partial charge in [-0.15, -0.1) is 0 Å². The first-order valence-corrected chi connectivity index (χ1v) is 9.73. The minimum Gasteiger partial charge on any atom is -0.353 e. The summed E-state index contributed by atoms with van der Waals surface area (Å²) in [4.78, 5) is 12.3. The quantitative estimate of drug-likeness (QED) is 0.709. The number of aryl methyl sites for hydroxylation is 1. The Hall–Kier alpha value is -2.16. The maximum absolute atomic E-state index is 12.9. The predicted octanol–water partition coefficient (Wildman–Crippen LogP) is 4.54. The van der Waals surface area contributed by atoms with Crippen LogP contribution in [0.3, 0.4) is 0 Å². The Morgan fingerprint density at radius 2 is 2.04 bits per heavy atom. The third kappa shape index (κ3) is 5.01. The van der Waals surface area contributed by atoms with Crippen LogP contribution in [0.5, 0.6) is 0 Å². The van der Waals surface area contributed by atoms with Crippen LogP contribution in [-0.2, 0) is 11.3 Å². The van der Waals surface area contributed by atoms with Crippen LogP contribution in [-0.4, -0.2) is 32.9 Å². The van der Waals surface area contributed by atoms with Crippen molar-refractivity contribution in [1.29, 1.82) is 0 Å². The van der Waals surface area contributed by atoms with E-state index in [0.717, 1.165) is 11.1 Å². The smallest absolute Gasteiger partial charge is 0.353 e. The molecular formula is C19H23F3N4OS. The molecule has 0 spiro atoms. The molecule has 1 aromatic heterocycles. The van der Waals surface area contributed by atoms with E-state index in [2.05, 4.69) is 15.5 Å². The summed E-state index contributed by atoms with van der Waals surface area (Å²) in [5.74, 6) is -0.972. The Morgan fingerprint density at radius 3 is 2.71 bits per heavy atom. The number of aromatic amines is 1. The number of alkyl halides is 3. The highest BCUT2D eigenvalue weighted by Gasteiger charge is 2.42. The number of carbonyl (C=O) groups excluding carboxylic acids is 1. The van der Waals surface area contributed by atoms with Gasteiger partial charge < -0.3 is 5.32 Å². The highest BCUT2D eigenvalue weighted by atomic mass is 32.1. The summed E-state index contributed by atoms with van der Waals surface area (Å²) >= 11 is 5.26. The maximum Gasteiger partial charge on any atom is 0.391 e. The summed E-state index contributed by atoms with van der Waals surface area (Å²) in [5, 5.41) is 9.72. The number of halogens is 3. The topological polar surface area (TPSA) is 62.7 Å². The van der Waals surface area contributed by atoms with Crippen molar-refractivity contribution in [2.24, 2.45) is 5.92 Å². The Bertz CT molecular complexity index is 873.